The van der Waals surface area contributed by atoms with Gasteiger partial charge in [0.05, 0.1) is 20.8 Å². The zero-order chi connectivity index (χ0) is 26.5. The molecule has 0 bridgehead atoms. The number of aryl methyl sites for hydroxylation is 1. The molecule has 0 unspecified atom stereocenters. The van der Waals surface area contributed by atoms with Crippen LogP contribution in [-0.2, 0) is 11.4 Å². The van der Waals surface area contributed by atoms with Crippen molar-refractivity contribution in [3.05, 3.63) is 90.3 Å². The summed E-state index contributed by atoms with van der Waals surface area (Å²) in [5.41, 5.74) is 3.94. The third-order valence-corrected chi connectivity index (χ3v) is 7.85. The fraction of sp³-hybridized carbons (Fsp3) is 0.241. The summed E-state index contributed by atoms with van der Waals surface area (Å²) < 4.78 is 14.0. The summed E-state index contributed by atoms with van der Waals surface area (Å²) in [6.07, 6.45) is 1.91. The zero-order valence-electron chi connectivity index (χ0n) is 21.1. The van der Waals surface area contributed by atoms with Gasteiger partial charge in [-0.2, -0.15) is 0 Å². The minimum atomic E-state index is -0.0469. The van der Waals surface area contributed by atoms with Crippen LogP contribution in [0.2, 0.25) is 0 Å². The van der Waals surface area contributed by atoms with Crippen LogP contribution in [0.3, 0.4) is 0 Å². The van der Waals surface area contributed by atoms with Gasteiger partial charge in [-0.3, -0.25) is 9.69 Å². The predicted octanol–water partition coefficient (Wildman–Crippen LogP) is 8.35. The monoisotopic (exact) mass is 690 g/mol. The minimum absolute atomic E-state index is 0.0105. The van der Waals surface area contributed by atoms with Gasteiger partial charge in [0.2, 0.25) is 0 Å². The maximum absolute atomic E-state index is 13.3. The summed E-state index contributed by atoms with van der Waals surface area (Å²) >= 11 is 7.12. The number of benzene rings is 3. The highest BCUT2D eigenvalue weighted by Gasteiger charge is 2.35. The first-order valence-corrected chi connectivity index (χ1v) is 14.7. The van der Waals surface area contributed by atoms with Crippen molar-refractivity contribution in [2.75, 3.05) is 6.61 Å². The molecule has 0 aromatic heterocycles. The molecule has 0 radical (unpaired) electrons. The van der Waals surface area contributed by atoms with Crippen LogP contribution < -0.4 is 9.47 Å². The van der Waals surface area contributed by atoms with Gasteiger partial charge < -0.3 is 9.47 Å². The fourth-order valence-corrected chi connectivity index (χ4v) is 5.88. The van der Waals surface area contributed by atoms with Crippen molar-refractivity contribution in [3.63, 3.8) is 0 Å². The largest absolute Gasteiger partial charge is 0.490 e. The summed E-state index contributed by atoms with van der Waals surface area (Å²) in [6, 6.07) is 19.9. The number of thioether (sulfide) groups is 1. The van der Waals surface area contributed by atoms with E-state index in [1.807, 2.05) is 94.4 Å². The number of amides is 1. The Labute approximate surface area is 244 Å². The lowest BCUT2D eigenvalue weighted by Crippen LogP contribution is -2.35. The first kappa shape index (κ1) is 27.7. The number of nitrogens with zero attached hydrogens (tertiary/aromatic N) is 2. The molecule has 0 saturated carbocycles. The molecule has 37 heavy (non-hydrogen) atoms. The number of hydrogen-bond acceptors (Lipinski definition) is 5. The first-order valence-electron chi connectivity index (χ1n) is 12.0. The third-order valence-electron chi connectivity index (χ3n) is 5.54. The van der Waals surface area contributed by atoms with Crippen molar-refractivity contribution >= 4 is 73.1 Å². The van der Waals surface area contributed by atoms with Crippen LogP contribution in [0.15, 0.2) is 75.0 Å². The summed E-state index contributed by atoms with van der Waals surface area (Å²) in [7, 11) is 0. The second-order valence-electron chi connectivity index (χ2n) is 8.79. The molecule has 0 spiro atoms. The van der Waals surface area contributed by atoms with E-state index in [1.165, 1.54) is 17.3 Å². The van der Waals surface area contributed by atoms with Crippen LogP contribution in [0.25, 0.3) is 6.08 Å². The van der Waals surface area contributed by atoms with Gasteiger partial charge in [0.1, 0.15) is 6.61 Å². The molecule has 8 heteroatoms. The molecule has 3 aromatic rings. The van der Waals surface area contributed by atoms with Gasteiger partial charge in [0.25, 0.3) is 5.91 Å². The average molecular weight is 691 g/mol. The lowest BCUT2D eigenvalue weighted by Gasteiger charge is -2.19. The van der Waals surface area contributed by atoms with Gasteiger partial charge in [0, 0.05) is 10.5 Å². The van der Waals surface area contributed by atoms with Crippen LogP contribution in [0.1, 0.15) is 37.5 Å². The Hall–Kier alpha value is -2.30. The molecule has 4 rings (SSSR count). The Morgan fingerprint density at radius 3 is 2.43 bits per heavy atom. The molecule has 1 amide bonds. The van der Waals surface area contributed by atoms with Crippen molar-refractivity contribution in [2.24, 2.45) is 4.99 Å². The lowest BCUT2D eigenvalue weighted by atomic mass is 10.1. The zero-order valence-corrected chi connectivity index (χ0v) is 25.7. The van der Waals surface area contributed by atoms with Gasteiger partial charge >= 0.3 is 0 Å². The van der Waals surface area contributed by atoms with E-state index in [-0.39, 0.29) is 11.9 Å². The van der Waals surface area contributed by atoms with Crippen molar-refractivity contribution in [2.45, 2.75) is 40.3 Å². The SMILES string of the molecule is CCOc1cc(/C=C2/SC(=Nc3ccc(C)cc3)N(C(C)C)C2=O)cc(I)c1OCc1ccc(Br)cc1. The molecule has 1 saturated heterocycles. The number of aliphatic imine (C=N–C) groups is 1. The van der Waals surface area contributed by atoms with Crippen molar-refractivity contribution in [3.8, 4) is 11.5 Å². The smallest absolute Gasteiger partial charge is 0.266 e. The van der Waals surface area contributed by atoms with E-state index < -0.39 is 0 Å². The molecule has 0 aliphatic carbocycles. The van der Waals surface area contributed by atoms with Crippen molar-refractivity contribution in [1.82, 2.24) is 4.90 Å². The standard InChI is InChI=1S/C29H28BrIN2O3S/c1-5-35-25-15-21(14-24(31)27(25)36-17-20-8-10-22(30)11-9-20)16-26-28(34)33(18(2)3)29(37-26)32-23-12-6-19(4)7-13-23/h6-16,18H,5,17H2,1-4H3/b26-16+,32-29?. The van der Waals surface area contributed by atoms with E-state index >= 15 is 0 Å². The first-order chi connectivity index (χ1) is 17.7. The van der Waals surface area contributed by atoms with Gasteiger partial charge in [-0.15, -0.1) is 0 Å². The Morgan fingerprint density at radius 2 is 1.78 bits per heavy atom. The topological polar surface area (TPSA) is 51.1 Å². The summed E-state index contributed by atoms with van der Waals surface area (Å²) in [6.45, 7) is 8.93. The molecular formula is C29H28BrIN2O3S. The van der Waals surface area contributed by atoms with E-state index in [1.54, 1.807) is 4.90 Å². The maximum atomic E-state index is 13.3. The number of rotatable bonds is 8. The van der Waals surface area contributed by atoms with Crippen LogP contribution in [0, 0.1) is 10.5 Å². The van der Waals surface area contributed by atoms with Gasteiger partial charge in [-0.05, 0) is 116 Å². The fourth-order valence-electron chi connectivity index (χ4n) is 3.71. The highest BCUT2D eigenvalue weighted by molar-refractivity contribution is 14.1. The number of hydrogen-bond donors (Lipinski definition) is 0. The second-order valence-corrected chi connectivity index (χ2v) is 11.9. The Bertz CT molecular complexity index is 1340. The molecule has 1 heterocycles. The lowest BCUT2D eigenvalue weighted by molar-refractivity contribution is -0.123. The number of carbonyl (C=O) groups is 1. The van der Waals surface area contributed by atoms with E-state index in [0.29, 0.717) is 34.8 Å². The van der Waals surface area contributed by atoms with Crippen molar-refractivity contribution in [1.29, 1.82) is 0 Å². The molecule has 192 valence electrons. The van der Waals surface area contributed by atoms with Gasteiger partial charge in [-0.25, -0.2) is 4.99 Å². The number of amidine groups is 1. The number of ether oxygens (including phenoxy) is 2. The average Bonchev–Trinajstić information content (AvgIpc) is 3.15. The van der Waals surface area contributed by atoms with Gasteiger partial charge in [0.15, 0.2) is 16.7 Å². The molecule has 1 aliphatic heterocycles. The van der Waals surface area contributed by atoms with Crippen molar-refractivity contribution < 1.29 is 14.3 Å². The van der Waals surface area contributed by atoms with E-state index in [4.69, 9.17) is 14.5 Å². The third kappa shape index (κ3) is 6.97. The van der Waals surface area contributed by atoms with Crippen LogP contribution in [-0.4, -0.2) is 28.6 Å². The second kappa shape index (κ2) is 12.5. The Morgan fingerprint density at radius 1 is 1.08 bits per heavy atom. The normalized spacial score (nSPS) is 15.8. The molecule has 1 aliphatic rings. The Kier molecular flexibility index (Phi) is 9.36. The summed E-state index contributed by atoms with van der Waals surface area (Å²) in [4.78, 5) is 20.5. The van der Waals surface area contributed by atoms with E-state index in [0.717, 1.165) is 24.9 Å². The van der Waals surface area contributed by atoms with Gasteiger partial charge in [-0.1, -0.05) is 45.8 Å². The Balaban J connectivity index is 1.62. The van der Waals surface area contributed by atoms with Crippen LogP contribution in [0.4, 0.5) is 5.69 Å². The molecule has 0 N–H and O–H groups in total. The molecule has 0 atom stereocenters. The summed E-state index contributed by atoms with van der Waals surface area (Å²) in [5, 5.41) is 0.685. The van der Waals surface area contributed by atoms with E-state index in [2.05, 4.69) is 38.5 Å². The summed E-state index contributed by atoms with van der Waals surface area (Å²) in [5.74, 6) is 1.31. The highest BCUT2D eigenvalue weighted by atomic mass is 127. The highest BCUT2D eigenvalue weighted by Crippen LogP contribution is 2.39. The molecule has 3 aromatic carbocycles. The van der Waals surface area contributed by atoms with Crippen LogP contribution in [0.5, 0.6) is 11.5 Å². The molecule has 5 nitrogen and oxygen atoms in total. The molecular weight excluding hydrogens is 663 g/mol. The quantitative estimate of drug-likeness (QED) is 0.176. The maximum Gasteiger partial charge on any atom is 0.266 e. The number of carbonyl (C=O) groups excluding carboxylic acids is 1. The van der Waals surface area contributed by atoms with Crippen LogP contribution >= 0.6 is 50.3 Å². The molecule has 1 fully saturated rings. The minimum Gasteiger partial charge on any atom is -0.490 e. The number of halogens is 2. The predicted molar refractivity (Wildman–Crippen MR) is 165 cm³/mol. The van der Waals surface area contributed by atoms with E-state index in [9.17, 15) is 4.79 Å².